The van der Waals surface area contributed by atoms with Crippen LogP contribution in [0.3, 0.4) is 0 Å². The molecule has 2 rings (SSSR count). The van der Waals surface area contributed by atoms with Crippen molar-refractivity contribution in [1.82, 2.24) is 0 Å². The van der Waals surface area contributed by atoms with Crippen molar-refractivity contribution in [2.45, 2.75) is 4.90 Å². The molecular weight excluding hydrogens is 274 g/mol. The molecule has 0 spiro atoms. The molecule has 5 heteroatoms. The van der Waals surface area contributed by atoms with Crippen LogP contribution in [0.1, 0.15) is 10.4 Å². The molecule has 0 aliphatic carbocycles. The fourth-order valence-electron chi connectivity index (χ4n) is 1.62. The van der Waals surface area contributed by atoms with Crippen LogP contribution >= 0.6 is 11.8 Å². The van der Waals surface area contributed by atoms with Gasteiger partial charge in [0, 0.05) is 10.6 Å². The van der Waals surface area contributed by atoms with Crippen LogP contribution in [0.4, 0.5) is 5.69 Å². The average molecular weight is 289 g/mol. The van der Waals surface area contributed by atoms with Gasteiger partial charge in [-0.05, 0) is 30.3 Å². The van der Waals surface area contributed by atoms with Gasteiger partial charge < -0.3 is 15.6 Å². The molecule has 2 aromatic carbocycles. The van der Waals surface area contributed by atoms with Crippen LogP contribution < -0.4 is 10.5 Å². The Balaban J connectivity index is 1.88. The molecule has 0 atom stereocenters. The molecule has 0 saturated carbocycles. The maximum atomic E-state index is 10.9. The summed E-state index contributed by atoms with van der Waals surface area (Å²) in [5, 5.41) is 8.92. The maximum absolute atomic E-state index is 10.9. The first-order chi connectivity index (χ1) is 9.66. The number of carboxylic acid groups (broad SMARTS) is 1. The van der Waals surface area contributed by atoms with Gasteiger partial charge in [-0.2, -0.15) is 0 Å². The van der Waals surface area contributed by atoms with Gasteiger partial charge in [-0.15, -0.1) is 11.8 Å². The summed E-state index contributed by atoms with van der Waals surface area (Å²) in [6.45, 7) is 0.465. The highest BCUT2D eigenvalue weighted by Gasteiger charge is 2.07. The maximum Gasteiger partial charge on any atom is 0.335 e. The van der Waals surface area contributed by atoms with E-state index in [1.807, 2.05) is 30.3 Å². The third-order valence-corrected chi connectivity index (χ3v) is 3.59. The van der Waals surface area contributed by atoms with Crippen molar-refractivity contribution < 1.29 is 14.6 Å². The molecule has 20 heavy (non-hydrogen) atoms. The lowest BCUT2D eigenvalue weighted by Crippen LogP contribution is -2.04. The number of hydrogen-bond acceptors (Lipinski definition) is 4. The van der Waals surface area contributed by atoms with E-state index in [1.165, 1.54) is 17.0 Å². The van der Waals surface area contributed by atoms with Gasteiger partial charge >= 0.3 is 5.97 Å². The normalized spacial score (nSPS) is 10.2. The number of nitrogen functional groups attached to an aromatic ring is 1. The number of carbonyl (C=O) groups is 1. The Morgan fingerprint density at radius 2 is 1.95 bits per heavy atom. The minimum Gasteiger partial charge on any atom is -0.491 e. The summed E-state index contributed by atoms with van der Waals surface area (Å²) in [5.41, 5.74) is 6.37. The third-order valence-electron chi connectivity index (χ3n) is 2.61. The highest BCUT2D eigenvalue weighted by molar-refractivity contribution is 7.99. The molecule has 0 radical (unpaired) electrons. The van der Waals surface area contributed by atoms with E-state index >= 15 is 0 Å². The van der Waals surface area contributed by atoms with E-state index in [9.17, 15) is 4.79 Å². The third kappa shape index (κ3) is 3.93. The average Bonchev–Trinajstić information content (AvgIpc) is 2.46. The zero-order chi connectivity index (χ0) is 14.4. The number of ether oxygens (including phenoxy) is 1. The second kappa shape index (κ2) is 6.86. The van der Waals surface area contributed by atoms with Crippen LogP contribution in [0, 0.1) is 0 Å². The van der Waals surface area contributed by atoms with Crippen LogP contribution in [0.5, 0.6) is 5.75 Å². The van der Waals surface area contributed by atoms with Gasteiger partial charge in [-0.1, -0.05) is 18.2 Å². The monoisotopic (exact) mass is 289 g/mol. The van der Waals surface area contributed by atoms with Crippen LogP contribution in [0.15, 0.2) is 53.4 Å². The Bertz CT molecular complexity index is 587. The molecule has 0 unspecified atom stereocenters. The molecule has 2 aromatic rings. The van der Waals surface area contributed by atoms with Crippen molar-refractivity contribution in [3.05, 3.63) is 54.1 Å². The topological polar surface area (TPSA) is 72.6 Å². The second-order valence-electron chi connectivity index (χ2n) is 4.07. The molecule has 0 fully saturated rings. The number of aromatic carboxylic acids is 1. The van der Waals surface area contributed by atoms with Gasteiger partial charge in [0.1, 0.15) is 5.75 Å². The number of nitrogens with two attached hydrogens (primary N) is 1. The summed E-state index contributed by atoms with van der Waals surface area (Å²) in [6, 6.07) is 14.5. The number of rotatable bonds is 6. The number of thioether (sulfide) groups is 1. The largest absolute Gasteiger partial charge is 0.491 e. The fraction of sp³-hybridized carbons (Fsp3) is 0.133. The van der Waals surface area contributed by atoms with Gasteiger partial charge in [0.05, 0.1) is 17.9 Å². The second-order valence-corrected chi connectivity index (χ2v) is 5.24. The van der Waals surface area contributed by atoms with E-state index in [-0.39, 0.29) is 5.56 Å². The number of hydrogen-bond donors (Lipinski definition) is 2. The highest BCUT2D eigenvalue weighted by atomic mass is 32.2. The molecule has 3 N–H and O–H groups in total. The zero-order valence-electron chi connectivity index (χ0n) is 10.8. The van der Waals surface area contributed by atoms with Crippen molar-refractivity contribution in [3.63, 3.8) is 0 Å². The lowest BCUT2D eigenvalue weighted by atomic mass is 10.2. The van der Waals surface area contributed by atoms with Gasteiger partial charge in [0.25, 0.3) is 0 Å². The molecule has 0 heterocycles. The van der Waals surface area contributed by atoms with Gasteiger partial charge in [0.2, 0.25) is 0 Å². The van der Waals surface area contributed by atoms with Gasteiger partial charge in [-0.25, -0.2) is 4.79 Å². The van der Waals surface area contributed by atoms with E-state index in [0.29, 0.717) is 18.0 Å². The molecule has 0 bridgehead atoms. The SMILES string of the molecule is Nc1ccc(C(=O)O)cc1OCCSc1ccccc1. The zero-order valence-corrected chi connectivity index (χ0v) is 11.6. The number of anilines is 1. The number of carboxylic acids is 1. The lowest BCUT2D eigenvalue weighted by molar-refractivity contribution is 0.0696. The fourth-order valence-corrected chi connectivity index (χ4v) is 2.37. The Hall–Kier alpha value is -2.14. The molecule has 0 saturated heterocycles. The van der Waals surface area contributed by atoms with Crippen LogP contribution in [0.25, 0.3) is 0 Å². The molecule has 104 valence electrons. The summed E-state index contributed by atoms with van der Waals surface area (Å²) in [7, 11) is 0. The molecule has 0 aliphatic rings. The predicted octanol–water partition coefficient (Wildman–Crippen LogP) is 3.14. The van der Waals surface area contributed by atoms with Crippen molar-refractivity contribution in [2.24, 2.45) is 0 Å². The summed E-state index contributed by atoms with van der Waals surface area (Å²) < 4.78 is 5.54. The van der Waals surface area contributed by atoms with Crippen molar-refractivity contribution >= 4 is 23.4 Å². The minimum atomic E-state index is -0.992. The van der Waals surface area contributed by atoms with E-state index < -0.39 is 5.97 Å². The molecule has 0 amide bonds. The summed E-state index contributed by atoms with van der Waals surface area (Å²) in [4.78, 5) is 12.0. The first-order valence-electron chi connectivity index (χ1n) is 6.10. The van der Waals surface area contributed by atoms with Crippen molar-refractivity contribution in [3.8, 4) is 5.75 Å². The standard InChI is InChI=1S/C15H15NO3S/c16-13-7-6-11(15(17)18)10-14(13)19-8-9-20-12-4-2-1-3-5-12/h1-7,10H,8-9,16H2,(H,17,18). The van der Waals surface area contributed by atoms with Crippen LogP contribution in [-0.2, 0) is 0 Å². The Morgan fingerprint density at radius 3 is 2.65 bits per heavy atom. The predicted molar refractivity (Wildman–Crippen MR) is 80.5 cm³/mol. The van der Waals surface area contributed by atoms with Crippen LogP contribution in [-0.4, -0.2) is 23.4 Å². The van der Waals surface area contributed by atoms with Crippen molar-refractivity contribution in [1.29, 1.82) is 0 Å². The first kappa shape index (κ1) is 14.3. The lowest BCUT2D eigenvalue weighted by Gasteiger charge is -2.09. The quantitative estimate of drug-likeness (QED) is 0.485. The highest BCUT2D eigenvalue weighted by Crippen LogP contribution is 2.24. The first-order valence-corrected chi connectivity index (χ1v) is 7.09. The van der Waals surface area contributed by atoms with Gasteiger partial charge in [-0.3, -0.25) is 0 Å². The number of benzene rings is 2. The smallest absolute Gasteiger partial charge is 0.335 e. The Morgan fingerprint density at radius 1 is 1.20 bits per heavy atom. The van der Waals surface area contributed by atoms with E-state index in [4.69, 9.17) is 15.6 Å². The Labute approximate surface area is 121 Å². The minimum absolute atomic E-state index is 0.171. The molecule has 0 aromatic heterocycles. The van der Waals surface area contributed by atoms with E-state index in [2.05, 4.69) is 0 Å². The Kier molecular flexibility index (Phi) is 4.90. The van der Waals surface area contributed by atoms with E-state index in [0.717, 1.165) is 5.75 Å². The van der Waals surface area contributed by atoms with E-state index in [1.54, 1.807) is 17.8 Å². The summed E-state index contributed by atoms with van der Waals surface area (Å²) in [6.07, 6.45) is 0. The van der Waals surface area contributed by atoms with Gasteiger partial charge in [0.15, 0.2) is 0 Å². The summed E-state index contributed by atoms with van der Waals surface area (Å²) >= 11 is 1.67. The van der Waals surface area contributed by atoms with Crippen LogP contribution in [0.2, 0.25) is 0 Å². The molecule has 0 aliphatic heterocycles. The van der Waals surface area contributed by atoms with Crippen molar-refractivity contribution in [2.75, 3.05) is 18.1 Å². The summed E-state index contributed by atoms with van der Waals surface area (Å²) in [5.74, 6) is 0.188. The molecule has 4 nitrogen and oxygen atoms in total. The molecular formula is C15H15NO3S.